The lowest BCUT2D eigenvalue weighted by Gasteiger charge is -2.04. The summed E-state index contributed by atoms with van der Waals surface area (Å²) in [6.07, 6.45) is -3.13. The van der Waals surface area contributed by atoms with Gasteiger partial charge in [-0.05, 0) is 24.1 Å². The summed E-state index contributed by atoms with van der Waals surface area (Å²) < 4.78 is 55.1. The zero-order valence-corrected chi connectivity index (χ0v) is 13.0. The third-order valence-corrected chi connectivity index (χ3v) is 4.56. The van der Waals surface area contributed by atoms with E-state index in [4.69, 9.17) is 15.6 Å². The van der Waals surface area contributed by atoms with Crippen molar-refractivity contribution in [1.29, 1.82) is 0 Å². The largest absolute Gasteiger partial charge is 0.490 e. The lowest BCUT2D eigenvalue weighted by atomic mass is 10.1. The molecule has 0 bridgehead atoms. The van der Waals surface area contributed by atoms with Gasteiger partial charge in [-0.2, -0.15) is 13.2 Å². The Balaban J connectivity index is 0.000000351. The Labute approximate surface area is 135 Å². The van der Waals surface area contributed by atoms with Crippen LogP contribution in [0.2, 0.25) is 0 Å². The van der Waals surface area contributed by atoms with E-state index >= 15 is 0 Å². The van der Waals surface area contributed by atoms with Gasteiger partial charge < -0.3 is 10.8 Å². The first kappa shape index (κ1) is 19.8. The van der Waals surface area contributed by atoms with Gasteiger partial charge in [0.2, 0.25) is 0 Å². The van der Waals surface area contributed by atoms with Crippen molar-refractivity contribution in [3.05, 3.63) is 41.5 Å². The van der Waals surface area contributed by atoms with E-state index in [1.807, 2.05) is 12.1 Å². The number of allylic oxidation sites excluding steroid dienone is 1. The molecular formula is C14H14F3NO5S. The van der Waals surface area contributed by atoms with Gasteiger partial charge in [-0.15, -0.1) is 0 Å². The molecule has 0 unspecified atom stereocenters. The van der Waals surface area contributed by atoms with Crippen LogP contribution < -0.4 is 5.73 Å². The molecule has 6 nitrogen and oxygen atoms in total. The first-order valence-electron chi connectivity index (χ1n) is 6.54. The average molecular weight is 365 g/mol. The maximum atomic E-state index is 11.7. The van der Waals surface area contributed by atoms with Crippen LogP contribution in [0.25, 0.3) is 4.91 Å². The third kappa shape index (κ3) is 5.46. The lowest BCUT2D eigenvalue weighted by molar-refractivity contribution is -0.192. The lowest BCUT2D eigenvalue weighted by Crippen LogP contribution is -2.21. The van der Waals surface area contributed by atoms with E-state index in [9.17, 15) is 26.4 Å². The number of sulfone groups is 1. The molecule has 1 aromatic carbocycles. The average Bonchev–Trinajstić information content (AvgIpc) is 2.72. The number of hydrogen-bond donors (Lipinski definition) is 2. The number of ketones is 1. The number of carboxylic acid groups (broad SMARTS) is 1. The number of halogens is 3. The predicted molar refractivity (Wildman–Crippen MR) is 79.7 cm³/mol. The zero-order chi connectivity index (χ0) is 18.5. The van der Waals surface area contributed by atoms with Crippen molar-refractivity contribution in [2.24, 2.45) is 5.73 Å². The Morgan fingerprint density at radius 2 is 1.71 bits per heavy atom. The molecule has 132 valence electrons. The molecule has 0 aromatic heterocycles. The van der Waals surface area contributed by atoms with E-state index in [0.29, 0.717) is 12.1 Å². The second-order valence-corrected chi connectivity index (χ2v) is 6.73. The van der Waals surface area contributed by atoms with Gasteiger partial charge in [-0.3, -0.25) is 4.79 Å². The second-order valence-electron chi connectivity index (χ2n) is 4.77. The number of nitrogens with two attached hydrogens (primary N) is 1. The molecule has 1 aliphatic rings. The van der Waals surface area contributed by atoms with E-state index in [-0.39, 0.29) is 10.7 Å². The maximum Gasteiger partial charge on any atom is 0.490 e. The van der Waals surface area contributed by atoms with E-state index in [1.54, 1.807) is 12.1 Å². The van der Waals surface area contributed by atoms with E-state index < -0.39 is 27.7 Å². The number of carbonyl (C=O) groups is 2. The smallest absolute Gasteiger partial charge is 0.475 e. The van der Waals surface area contributed by atoms with Crippen LogP contribution in [-0.4, -0.2) is 43.8 Å². The monoisotopic (exact) mass is 365 g/mol. The van der Waals surface area contributed by atoms with Crippen molar-refractivity contribution in [3.8, 4) is 0 Å². The summed E-state index contributed by atoms with van der Waals surface area (Å²) in [7, 11) is -3.43. The molecule has 0 saturated heterocycles. The summed E-state index contributed by atoms with van der Waals surface area (Å²) in [4.78, 5) is 20.2. The fourth-order valence-electron chi connectivity index (χ4n) is 1.81. The molecule has 24 heavy (non-hydrogen) atoms. The van der Waals surface area contributed by atoms with Crippen molar-refractivity contribution in [2.75, 3.05) is 12.3 Å². The molecule has 2 rings (SSSR count). The number of carboxylic acids is 1. The van der Waals surface area contributed by atoms with Crippen LogP contribution in [0.3, 0.4) is 0 Å². The van der Waals surface area contributed by atoms with Gasteiger partial charge in [0.1, 0.15) is 5.75 Å². The molecule has 0 fully saturated rings. The summed E-state index contributed by atoms with van der Waals surface area (Å²) in [6.45, 7) is 0.554. The van der Waals surface area contributed by atoms with Crippen LogP contribution in [0.15, 0.2) is 30.3 Å². The Hall–Kier alpha value is -2.20. The fraction of sp³-hybridized carbons (Fsp3) is 0.286. The van der Waals surface area contributed by atoms with Gasteiger partial charge in [0.15, 0.2) is 15.6 Å². The Morgan fingerprint density at radius 1 is 1.21 bits per heavy atom. The van der Waals surface area contributed by atoms with E-state index in [2.05, 4.69) is 0 Å². The van der Waals surface area contributed by atoms with Crippen molar-refractivity contribution in [2.45, 2.75) is 12.6 Å². The Morgan fingerprint density at radius 3 is 2.04 bits per heavy atom. The highest BCUT2D eigenvalue weighted by molar-refractivity contribution is 8.01. The minimum Gasteiger partial charge on any atom is -0.475 e. The van der Waals surface area contributed by atoms with Gasteiger partial charge in [0, 0.05) is 6.08 Å². The van der Waals surface area contributed by atoms with Crippen molar-refractivity contribution >= 4 is 26.5 Å². The fourth-order valence-corrected chi connectivity index (χ4v) is 3.23. The van der Waals surface area contributed by atoms with Gasteiger partial charge >= 0.3 is 12.1 Å². The van der Waals surface area contributed by atoms with Gasteiger partial charge in [-0.25, -0.2) is 13.2 Å². The molecule has 1 aromatic rings. The van der Waals surface area contributed by atoms with E-state index in [0.717, 1.165) is 12.0 Å². The molecule has 1 heterocycles. The molecule has 0 spiro atoms. The van der Waals surface area contributed by atoms with Crippen LogP contribution in [0.4, 0.5) is 13.2 Å². The molecule has 3 N–H and O–H groups in total. The molecule has 10 heteroatoms. The summed E-state index contributed by atoms with van der Waals surface area (Å²) in [5, 5.41) is 7.12. The number of aliphatic carboxylic acids is 1. The summed E-state index contributed by atoms with van der Waals surface area (Å²) in [5.74, 6) is -3.52. The Bertz CT molecular complexity index is 752. The van der Waals surface area contributed by atoms with Crippen molar-refractivity contribution in [1.82, 2.24) is 0 Å². The quantitative estimate of drug-likeness (QED) is 0.831. The third-order valence-electron chi connectivity index (χ3n) is 2.87. The topological polar surface area (TPSA) is 115 Å². The van der Waals surface area contributed by atoms with E-state index in [1.165, 1.54) is 6.08 Å². The van der Waals surface area contributed by atoms with Gasteiger partial charge in [0.05, 0.1) is 4.91 Å². The summed E-state index contributed by atoms with van der Waals surface area (Å²) in [5.41, 5.74) is 7.05. The predicted octanol–water partition coefficient (Wildman–Crippen LogP) is 1.16. The highest BCUT2D eigenvalue weighted by Crippen LogP contribution is 2.26. The maximum absolute atomic E-state index is 11.7. The SMILES string of the molecule is NCCc1ccc(C2=CC(=O)CS2(=O)=O)cc1.O=C(O)C(F)(F)F. The first-order chi connectivity index (χ1) is 11.0. The Kier molecular flexibility index (Phi) is 6.27. The van der Waals surface area contributed by atoms with Gasteiger partial charge in [0.25, 0.3) is 0 Å². The number of rotatable bonds is 3. The highest BCUT2D eigenvalue weighted by Gasteiger charge is 2.38. The molecule has 0 aliphatic carbocycles. The molecule has 0 radical (unpaired) electrons. The molecule has 0 amide bonds. The van der Waals surface area contributed by atoms with Crippen molar-refractivity contribution < 1.29 is 36.3 Å². The van der Waals surface area contributed by atoms with Crippen LogP contribution in [-0.2, 0) is 25.8 Å². The van der Waals surface area contributed by atoms with Crippen LogP contribution >= 0.6 is 0 Å². The summed E-state index contributed by atoms with van der Waals surface area (Å²) >= 11 is 0. The molecule has 0 saturated carbocycles. The minimum absolute atomic E-state index is 0.127. The van der Waals surface area contributed by atoms with Crippen LogP contribution in [0.5, 0.6) is 0 Å². The second kappa shape index (κ2) is 7.58. The standard InChI is InChI=1S/C12H13NO3S.C2HF3O2/c13-6-5-9-1-3-10(4-2-9)12-7-11(14)8-17(12,15)16;3-2(4,5)1(6)7/h1-4,7H,5-6,8,13H2;(H,6,7). The normalized spacial score (nSPS) is 16.2. The van der Waals surface area contributed by atoms with Gasteiger partial charge in [-0.1, -0.05) is 24.3 Å². The first-order valence-corrected chi connectivity index (χ1v) is 8.19. The number of hydrogen-bond acceptors (Lipinski definition) is 5. The highest BCUT2D eigenvalue weighted by atomic mass is 32.2. The molecular weight excluding hydrogens is 351 g/mol. The minimum atomic E-state index is -5.08. The number of alkyl halides is 3. The zero-order valence-electron chi connectivity index (χ0n) is 12.2. The van der Waals surface area contributed by atoms with Crippen LogP contribution in [0.1, 0.15) is 11.1 Å². The molecule has 1 aliphatic heterocycles. The van der Waals surface area contributed by atoms with Crippen LogP contribution in [0, 0.1) is 0 Å². The number of carbonyl (C=O) groups excluding carboxylic acids is 1. The summed E-state index contributed by atoms with van der Waals surface area (Å²) in [6, 6.07) is 7.10. The molecule has 0 atom stereocenters. The number of benzene rings is 1. The van der Waals surface area contributed by atoms with Crippen molar-refractivity contribution in [3.63, 3.8) is 0 Å².